The zero-order valence-electron chi connectivity index (χ0n) is 11.7. The predicted octanol–water partition coefficient (Wildman–Crippen LogP) is 2.58. The second-order valence-corrected chi connectivity index (χ2v) is 6.45. The van der Waals surface area contributed by atoms with E-state index in [-0.39, 0.29) is 6.04 Å². The van der Waals surface area contributed by atoms with Crippen molar-refractivity contribution in [2.45, 2.75) is 38.1 Å². The van der Waals surface area contributed by atoms with Crippen molar-refractivity contribution in [1.82, 2.24) is 5.32 Å². The molecule has 0 saturated heterocycles. The summed E-state index contributed by atoms with van der Waals surface area (Å²) in [6.45, 7) is 2.14. The first kappa shape index (κ1) is 13.1. The summed E-state index contributed by atoms with van der Waals surface area (Å²) in [5, 5.41) is 3.62. The van der Waals surface area contributed by atoms with Crippen molar-refractivity contribution in [1.29, 1.82) is 0 Å². The lowest BCUT2D eigenvalue weighted by molar-refractivity contribution is 0.373. The fraction of sp³-hybridized carbons (Fsp3) is 0.647. The Balaban J connectivity index is 1.37. The van der Waals surface area contributed by atoms with E-state index in [0.29, 0.717) is 0 Å². The Bertz CT molecular complexity index is 370. The summed E-state index contributed by atoms with van der Waals surface area (Å²) in [5.74, 6) is 3.01. The maximum Gasteiger partial charge on any atom is 0.0206 e. The highest BCUT2D eigenvalue weighted by Gasteiger charge is 2.40. The summed E-state index contributed by atoms with van der Waals surface area (Å²) < 4.78 is 0. The van der Waals surface area contributed by atoms with Gasteiger partial charge in [-0.05, 0) is 62.0 Å². The minimum Gasteiger partial charge on any atom is -0.326 e. The molecule has 1 atom stereocenters. The molecule has 2 nitrogen and oxygen atoms in total. The van der Waals surface area contributed by atoms with E-state index in [4.69, 9.17) is 5.73 Å². The largest absolute Gasteiger partial charge is 0.326 e. The van der Waals surface area contributed by atoms with Crippen LogP contribution in [0.25, 0.3) is 0 Å². The quantitative estimate of drug-likeness (QED) is 0.752. The molecule has 2 fully saturated rings. The second kappa shape index (κ2) is 6.06. The maximum atomic E-state index is 6.21. The van der Waals surface area contributed by atoms with Gasteiger partial charge in [0.05, 0.1) is 0 Å². The molecule has 3 N–H and O–H groups in total. The van der Waals surface area contributed by atoms with Gasteiger partial charge in [0.2, 0.25) is 0 Å². The summed E-state index contributed by atoms with van der Waals surface area (Å²) in [4.78, 5) is 0. The summed E-state index contributed by atoms with van der Waals surface area (Å²) in [6.07, 6.45) is 6.86. The van der Waals surface area contributed by atoms with Gasteiger partial charge in [0.25, 0.3) is 0 Å². The molecule has 1 aromatic rings. The average molecular weight is 258 g/mol. The summed E-state index contributed by atoms with van der Waals surface area (Å²) in [5.41, 5.74) is 7.56. The van der Waals surface area contributed by atoms with E-state index in [9.17, 15) is 0 Å². The minimum atomic E-state index is 0.237. The third-order valence-electron chi connectivity index (χ3n) is 4.58. The van der Waals surface area contributed by atoms with Crippen molar-refractivity contribution >= 4 is 0 Å². The van der Waals surface area contributed by atoms with Crippen LogP contribution >= 0.6 is 0 Å². The molecule has 2 saturated carbocycles. The van der Waals surface area contributed by atoms with Crippen LogP contribution < -0.4 is 11.1 Å². The van der Waals surface area contributed by atoms with Crippen LogP contribution in [0.3, 0.4) is 0 Å². The molecule has 0 spiro atoms. The van der Waals surface area contributed by atoms with Gasteiger partial charge in [-0.25, -0.2) is 0 Å². The van der Waals surface area contributed by atoms with Gasteiger partial charge in [0.1, 0.15) is 0 Å². The van der Waals surface area contributed by atoms with Crippen molar-refractivity contribution in [2.75, 3.05) is 13.1 Å². The monoisotopic (exact) mass is 258 g/mol. The Morgan fingerprint density at radius 3 is 2.21 bits per heavy atom. The highest BCUT2D eigenvalue weighted by atomic mass is 14.9. The van der Waals surface area contributed by atoms with Gasteiger partial charge in [0, 0.05) is 12.6 Å². The van der Waals surface area contributed by atoms with Crippen LogP contribution in [0.1, 0.15) is 31.2 Å². The van der Waals surface area contributed by atoms with Crippen LogP contribution in [-0.4, -0.2) is 19.1 Å². The molecule has 0 radical (unpaired) electrons. The standard InChI is InChI=1S/C17H26N2/c18-16(10-13-4-2-1-3-5-13)11-19-12-17(14-6-7-14)15-8-9-15/h1-5,14-17,19H,6-12,18H2. The molecule has 0 aromatic heterocycles. The molecule has 0 bridgehead atoms. The number of nitrogens with two attached hydrogens (primary N) is 1. The van der Waals surface area contributed by atoms with Gasteiger partial charge < -0.3 is 11.1 Å². The minimum absolute atomic E-state index is 0.237. The molecule has 1 unspecified atom stereocenters. The molecule has 0 amide bonds. The average Bonchev–Trinajstić information content (AvgIpc) is 3.29. The highest BCUT2D eigenvalue weighted by molar-refractivity contribution is 5.15. The molecule has 3 rings (SSSR count). The molecule has 104 valence electrons. The van der Waals surface area contributed by atoms with Gasteiger partial charge >= 0.3 is 0 Å². The third-order valence-corrected chi connectivity index (χ3v) is 4.58. The third kappa shape index (κ3) is 4.05. The number of nitrogens with one attached hydrogen (secondary N) is 1. The Hall–Kier alpha value is -0.860. The zero-order valence-corrected chi connectivity index (χ0v) is 11.7. The normalized spacial score (nSPS) is 20.7. The van der Waals surface area contributed by atoms with Crippen molar-refractivity contribution in [2.24, 2.45) is 23.5 Å². The zero-order chi connectivity index (χ0) is 13.1. The van der Waals surface area contributed by atoms with E-state index in [2.05, 4.69) is 35.6 Å². The first-order valence-electron chi connectivity index (χ1n) is 7.83. The molecule has 2 heteroatoms. The molecule has 2 aliphatic carbocycles. The van der Waals surface area contributed by atoms with Gasteiger partial charge in [-0.15, -0.1) is 0 Å². The van der Waals surface area contributed by atoms with E-state index in [1.807, 2.05) is 0 Å². The van der Waals surface area contributed by atoms with Crippen LogP contribution in [0.4, 0.5) is 0 Å². The Kier molecular flexibility index (Phi) is 4.19. The van der Waals surface area contributed by atoms with Gasteiger partial charge in [-0.2, -0.15) is 0 Å². The van der Waals surface area contributed by atoms with Gasteiger partial charge in [-0.3, -0.25) is 0 Å². The van der Waals surface area contributed by atoms with E-state index in [1.165, 1.54) is 37.8 Å². The molecule has 2 aliphatic rings. The molecule has 19 heavy (non-hydrogen) atoms. The lowest BCUT2D eigenvalue weighted by atomic mass is 9.97. The summed E-state index contributed by atoms with van der Waals surface area (Å²) in [6, 6.07) is 10.8. The topological polar surface area (TPSA) is 38.0 Å². The smallest absolute Gasteiger partial charge is 0.0206 e. The summed E-state index contributed by atoms with van der Waals surface area (Å²) >= 11 is 0. The van der Waals surface area contributed by atoms with Crippen LogP contribution in [-0.2, 0) is 6.42 Å². The number of hydrogen-bond acceptors (Lipinski definition) is 2. The fourth-order valence-electron chi connectivity index (χ4n) is 3.19. The molecule has 0 heterocycles. The van der Waals surface area contributed by atoms with Gasteiger partial charge in [-0.1, -0.05) is 30.3 Å². The molecular weight excluding hydrogens is 232 g/mol. The van der Waals surface area contributed by atoms with E-state index >= 15 is 0 Å². The SMILES string of the molecule is NC(CNCC(C1CC1)C1CC1)Cc1ccccc1. The van der Waals surface area contributed by atoms with E-state index < -0.39 is 0 Å². The van der Waals surface area contributed by atoms with E-state index in [1.54, 1.807) is 0 Å². The van der Waals surface area contributed by atoms with Crippen molar-refractivity contribution in [3.05, 3.63) is 35.9 Å². The lowest BCUT2D eigenvalue weighted by Gasteiger charge is -2.18. The number of benzene rings is 1. The summed E-state index contributed by atoms with van der Waals surface area (Å²) in [7, 11) is 0. The van der Waals surface area contributed by atoms with Crippen LogP contribution in [0.5, 0.6) is 0 Å². The first-order valence-corrected chi connectivity index (χ1v) is 7.83. The van der Waals surface area contributed by atoms with Crippen molar-refractivity contribution in [3.63, 3.8) is 0 Å². The Morgan fingerprint density at radius 1 is 1.00 bits per heavy atom. The fourth-order valence-corrected chi connectivity index (χ4v) is 3.19. The molecular formula is C17H26N2. The van der Waals surface area contributed by atoms with Crippen molar-refractivity contribution < 1.29 is 0 Å². The Labute approximate surface area is 116 Å². The molecule has 1 aromatic carbocycles. The highest BCUT2D eigenvalue weighted by Crippen LogP contribution is 2.48. The van der Waals surface area contributed by atoms with Crippen LogP contribution in [0.2, 0.25) is 0 Å². The van der Waals surface area contributed by atoms with Crippen LogP contribution in [0, 0.1) is 17.8 Å². The lowest BCUT2D eigenvalue weighted by Crippen LogP contribution is -2.38. The number of rotatable bonds is 8. The maximum absolute atomic E-state index is 6.21. The second-order valence-electron chi connectivity index (χ2n) is 6.45. The van der Waals surface area contributed by atoms with E-state index in [0.717, 1.165) is 30.7 Å². The molecule has 0 aliphatic heterocycles. The predicted molar refractivity (Wildman–Crippen MR) is 79.9 cm³/mol. The van der Waals surface area contributed by atoms with Crippen molar-refractivity contribution in [3.8, 4) is 0 Å². The van der Waals surface area contributed by atoms with Crippen LogP contribution in [0.15, 0.2) is 30.3 Å². The first-order chi connectivity index (χ1) is 9.33. The van der Waals surface area contributed by atoms with Gasteiger partial charge in [0.15, 0.2) is 0 Å². The Morgan fingerprint density at radius 2 is 1.63 bits per heavy atom. The number of hydrogen-bond donors (Lipinski definition) is 2.